The van der Waals surface area contributed by atoms with Crippen molar-refractivity contribution >= 4 is 47.7 Å². The monoisotopic (exact) mass is 686 g/mol. The molecule has 0 spiro atoms. The van der Waals surface area contributed by atoms with Gasteiger partial charge in [0.15, 0.2) is 0 Å². The number of rotatable bonds is 9. The number of benzene rings is 3. The summed E-state index contributed by atoms with van der Waals surface area (Å²) in [6.07, 6.45) is 8.87. The summed E-state index contributed by atoms with van der Waals surface area (Å²) in [5, 5.41) is 18.3. The van der Waals surface area contributed by atoms with Crippen LogP contribution in [-0.4, -0.2) is 66.4 Å². The van der Waals surface area contributed by atoms with Crippen LogP contribution in [-0.2, 0) is 28.6 Å². The first-order chi connectivity index (χ1) is 20.4. The fraction of sp³-hybridized carbons (Fsp3) is 0.182. The number of ether oxygens (including phenoxy) is 3. The molecule has 0 aliphatic carbocycles. The second-order valence-corrected chi connectivity index (χ2v) is 8.89. The number of halogens is 1. The van der Waals surface area contributed by atoms with Gasteiger partial charge in [0.25, 0.3) is 0 Å². The minimum absolute atomic E-state index is 0. The minimum atomic E-state index is -1.17. The number of hydrogen-bond acceptors (Lipinski definition) is 8. The largest absolute Gasteiger partial charge is 1.00 e. The van der Waals surface area contributed by atoms with Crippen LogP contribution in [0.25, 0.3) is 18.2 Å². The number of hydrogen-bond donors (Lipinski definition) is 1. The second-order valence-electron chi connectivity index (χ2n) is 8.58. The van der Waals surface area contributed by atoms with Gasteiger partial charge in [-0.25, -0.2) is 9.59 Å². The van der Waals surface area contributed by atoms with Gasteiger partial charge in [0.05, 0.1) is 31.2 Å². The number of epoxide rings is 2. The summed E-state index contributed by atoms with van der Waals surface area (Å²) in [7, 11) is 0. The van der Waals surface area contributed by atoms with Crippen LogP contribution in [0.1, 0.15) is 16.7 Å². The Morgan fingerprint density at radius 3 is 1.42 bits per heavy atom. The Balaban J connectivity index is 0. The summed E-state index contributed by atoms with van der Waals surface area (Å²) in [6.45, 7) is 1.94. The third-order valence-corrected chi connectivity index (χ3v) is 5.37. The maximum atomic E-state index is 11.2. The van der Waals surface area contributed by atoms with Gasteiger partial charge < -0.3 is 34.7 Å². The van der Waals surface area contributed by atoms with Crippen molar-refractivity contribution < 1.29 is 147 Å². The summed E-state index contributed by atoms with van der Waals surface area (Å²) in [6, 6.07) is 28.1. The van der Waals surface area contributed by atoms with Crippen LogP contribution in [0, 0.1) is 0 Å². The van der Waals surface area contributed by atoms with Gasteiger partial charge in [-0.3, -0.25) is 0 Å². The van der Waals surface area contributed by atoms with E-state index in [4.69, 9.17) is 30.9 Å². The summed E-state index contributed by atoms with van der Waals surface area (Å²) in [5.41, 5.74) is 2.74. The van der Waals surface area contributed by atoms with Gasteiger partial charge >= 0.3 is 115 Å². The molecule has 3 aromatic carbocycles. The van der Waals surface area contributed by atoms with Crippen molar-refractivity contribution in [3.05, 3.63) is 126 Å². The van der Waals surface area contributed by atoms with Crippen LogP contribution in [0.4, 0.5) is 0 Å². The molecule has 3 aromatic rings. The standard InChI is InChI=1S/C12H12O3.2C9H8O2.C3H5ClO.2K.H2O/c13-12(15-9-11-8-14-11)7-6-10-4-2-1-3-5-10;2*10-9(11)7-6-8-4-2-1-3-5-8;4-1-3-2-5-3;;;/h1-7,11H,8-9H2;2*1-7H,(H,10,11);3H,1-2H2;;;1H2/q;;;;2*+1;/p-2/b3*7-6+;;;;. The Hall–Kier alpha value is -1.27. The quantitative estimate of drug-likeness (QED) is 0.0914. The van der Waals surface area contributed by atoms with Crippen LogP contribution in [0.3, 0.4) is 0 Å². The van der Waals surface area contributed by atoms with E-state index in [1.54, 1.807) is 12.2 Å². The second kappa shape index (κ2) is 28.9. The van der Waals surface area contributed by atoms with Crippen molar-refractivity contribution in [3.8, 4) is 0 Å². The van der Waals surface area contributed by atoms with E-state index < -0.39 is 11.9 Å². The molecule has 2 saturated heterocycles. The summed E-state index contributed by atoms with van der Waals surface area (Å²) < 4.78 is 14.6. The van der Waals surface area contributed by atoms with Gasteiger partial charge in [0.2, 0.25) is 0 Å². The van der Waals surface area contributed by atoms with E-state index in [1.807, 2.05) is 91.0 Å². The Morgan fingerprint density at radius 2 is 1.11 bits per heavy atom. The van der Waals surface area contributed by atoms with Crippen molar-refractivity contribution in [2.75, 3.05) is 25.7 Å². The molecule has 228 valence electrons. The Kier molecular flexibility index (Phi) is 29.5. The van der Waals surface area contributed by atoms with E-state index in [-0.39, 0.29) is 120 Å². The van der Waals surface area contributed by atoms with Crippen molar-refractivity contribution in [1.29, 1.82) is 0 Å². The molecular weight excluding hydrogens is 654 g/mol. The van der Waals surface area contributed by atoms with Crippen LogP contribution in [0.5, 0.6) is 0 Å². The Bertz CT molecular complexity index is 1240. The van der Waals surface area contributed by atoms with Crippen LogP contribution in [0.2, 0.25) is 0 Å². The van der Waals surface area contributed by atoms with E-state index in [0.717, 1.165) is 35.4 Å². The SMILES string of the molecule is ClCC1CO1.O=C(/C=C/c1ccccc1)OCC1CO1.O=C(O)/C=C/c1ccccc1.O=C([O-])/C=C/c1ccccc1.[K+].[K+].[OH-]. The topological polar surface area (TPSA) is 159 Å². The van der Waals surface area contributed by atoms with E-state index in [9.17, 15) is 19.5 Å². The Morgan fingerprint density at radius 1 is 0.733 bits per heavy atom. The van der Waals surface area contributed by atoms with Gasteiger partial charge in [-0.1, -0.05) is 97.1 Å². The van der Waals surface area contributed by atoms with E-state index >= 15 is 0 Å². The molecule has 0 amide bonds. The maximum absolute atomic E-state index is 11.2. The predicted octanol–water partition coefficient (Wildman–Crippen LogP) is -1.67. The number of aliphatic carboxylic acids is 2. The normalized spacial score (nSPS) is 15.1. The summed E-state index contributed by atoms with van der Waals surface area (Å²) in [4.78, 5) is 31.2. The van der Waals surface area contributed by atoms with Gasteiger partial charge in [0, 0.05) is 12.2 Å². The van der Waals surface area contributed by atoms with Crippen molar-refractivity contribution in [1.82, 2.24) is 0 Å². The van der Waals surface area contributed by atoms with Crippen molar-refractivity contribution in [2.24, 2.45) is 0 Å². The number of carboxylic acid groups (broad SMARTS) is 2. The van der Waals surface area contributed by atoms with Crippen LogP contribution >= 0.6 is 11.6 Å². The van der Waals surface area contributed by atoms with Gasteiger partial charge in [0.1, 0.15) is 12.7 Å². The smallest absolute Gasteiger partial charge is 0.870 e. The fourth-order valence-electron chi connectivity index (χ4n) is 2.73. The Labute approximate surface area is 353 Å². The van der Waals surface area contributed by atoms with Crippen LogP contribution < -0.4 is 108 Å². The van der Waals surface area contributed by atoms with Gasteiger partial charge in [-0.15, -0.1) is 11.6 Å². The van der Waals surface area contributed by atoms with E-state index in [2.05, 4.69) is 0 Å². The molecule has 2 aliphatic heterocycles. The average molecular weight is 687 g/mol. The molecule has 12 heteroatoms. The van der Waals surface area contributed by atoms with E-state index in [0.29, 0.717) is 25.2 Å². The molecular formula is C33H33ClK2O9. The number of carbonyl (C=O) groups is 3. The zero-order chi connectivity index (χ0) is 30.4. The summed E-state index contributed by atoms with van der Waals surface area (Å²) in [5.74, 6) is -1.75. The predicted molar refractivity (Wildman–Crippen MR) is 162 cm³/mol. The number of esters is 1. The van der Waals surface area contributed by atoms with E-state index in [1.165, 1.54) is 12.2 Å². The zero-order valence-electron chi connectivity index (χ0n) is 25.2. The number of carboxylic acids is 2. The van der Waals surface area contributed by atoms with Crippen molar-refractivity contribution in [3.63, 3.8) is 0 Å². The molecule has 0 radical (unpaired) electrons. The molecule has 2 unspecified atom stereocenters. The average Bonchev–Trinajstić information content (AvgIpc) is 3.95. The molecule has 2 heterocycles. The first kappa shape index (κ1) is 45.9. The number of carbonyl (C=O) groups excluding carboxylic acids is 2. The minimum Gasteiger partial charge on any atom is -0.870 e. The molecule has 45 heavy (non-hydrogen) atoms. The molecule has 2 aliphatic rings. The van der Waals surface area contributed by atoms with Gasteiger partial charge in [-0.05, 0) is 34.9 Å². The molecule has 0 aromatic heterocycles. The molecule has 0 bridgehead atoms. The first-order valence-electron chi connectivity index (χ1n) is 12.9. The van der Waals surface area contributed by atoms with Crippen LogP contribution in [0.15, 0.2) is 109 Å². The zero-order valence-corrected chi connectivity index (χ0v) is 32.2. The molecule has 2 fully saturated rings. The fourth-order valence-corrected chi connectivity index (χ4v) is 2.91. The molecule has 2 N–H and O–H groups in total. The number of alkyl halides is 1. The third kappa shape index (κ3) is 27.5. The molecule has 5 rings (SSSR count). The first-order valence-corrected chi connectivity index (χ1v) is 13.5. The third-order valence-electron chi connectivity index (χ3n) is 5.03. The van der Waals surface area contributed by atoms with Gasteiger partial charge in [-0.2, -0.15) is 0 Å². The molecule has 2 atom stereocenters. The maximum Gasteiger partial charge on any atom is 1.00 e. The molecule has 9 nitrogen and oxygen atoms in total. The van der Waals surface area contributed by atoms with Crippen molar-refractivity contribution in [2.45, 2.75) is 12.2 Å². The summed E-state index contributed by atoms with van der Waals surface area (Å²) >= 11 is 5.27. The molecule has 0 saturated carbocycles.